The number of aliphatic hydroxyl groups is 1. The Labute approximate surface area is 200 Å². The van der Waals surface area contributed by atoms with Gasteiger partial charge < -0.3 is 15.2 Å². The van der Waals surface area contributed by atoms with Gasteiger partial charge in [-0.05, 0) is 82.5 Å². The zero-order valence-electron chi connectivity index (χ0n) is 19.8. The van der Waals surface area contributed by atoms with Crippen LogP contribution < -0.4 is 10.1 Å². The molecule has 0 spiro atoms. The molecule has 1 aliphatic heterocycles. The lowest BCUT2D eigenvalue weighted by atomic mass is 9.90. The first kappa shape index (κ1) is 27.6. The van der Waals surface area contributed by atoms with Crippen LogP contribution in [0.5, 0.6) is 5.75 Å². The van der Waals surface area contributed by atoms with Crippen molar-refractivity contribution in [3.05, 3.63) is 29.6 Å². The Morgan fingerprint density at radius 2 is 1.83 bits per heavy atom. The van der Waals surface area contributed by atoms with Crippen LogP contribution in [-0.2, 0) is 0 Å². The smallest absolute Gasteiger partial charge is 0.454 e. The molecule has 35 heavy (non-hydrogen) atoms. The van der Waals surface area contributed by atoms with Gasteiger partial charge in [0.2, 0.25) is 0 Å². The number of nitrogens with one attached hydrogen (secondary N) is 1. The van der Waals surface area contributed by atoms with Gasteiger partial charge in [0, 0.05) is 6.07 Å². The molecule has 11 heteroatoms. The van der Waals surface area contributed by atoms with Crippen molar-refractivity contribution >= 4 is 5.91 Å². The molecule has 2 N–H and O–H groups in total. The van der Waals surface area contributed by atoms with Crippen molar-refractivity contribution < 1.29 is 41.0 Å². The number of carbonyl (C=O) groups excluding carboxylic acids is 1. The SMILES string of the molecule is CC(C)(CO)NC(=O)c1ccc(OCCC2CC2C2CCN(CC(F)(F)C(F)(F)F)CC2)cc1F. The summed E-state index contributed by atoms with van der Waals surface area (Å²) >= 11 is 0. The lowest BCUT2D eigenvalue weighted by molar-refractivity contribution is -0.287. The molecule has 5 nitrogen and oxygen atoms in total. The maximum Gasteiger partial charge on any atom is 0.454 e. The number of nitrogens with zero attached hydrogens (tertiary/aromatic N) is 1. The number of hydrogen-bond donors (Lipinski definition) is 2. The standard InChI is InChI=1S/C24H32F6N2O3/c1-22(2,14-33)31-21(34)18-4-3-17(12-20(18)25)35-10-7-16-11-19(16)15-5-8-32(9-6-15)13-23(26,27)24(28,29)30/h3-4,12,15-16,19,33H,5-11,13-14H2,1-2H3,(H,31,34). The van der Waals surface area contributed by atoms with Crippen LogP contribution in [0.4, 0.5) is 26.3 Å². The number of amides is 1. The van der Waals surface area contributed by atoms with Crippen molar-refractivity contribution in [2.75, 3.05) is 32.8 Å². The molecule has 0 radical (unpaired) electrons. The monoisotopic (exact) mass is 510 g/mol. The van der Waals surface area contributed by atoms with E-state index in [2.05, 4.69) is 5.32 Å². The van der Waals surface area contributed by atoms with E-state index in [4.69, 9.17) is 4.74 Å². The van der Waals surface area contributed by atoms with Crippen molar-refractivity contribution in [3.63, 3.8) is 0 Å². The molecule has 1 heterocycles. The second-order valence-corrected chi connectivity index (χ2v) is 10.3. The number of likely N-dealkylation sites (tertiary alicyclic amines) is 1. The van der Waals surface area contributed by atoms with Crippen molar-refractivity contribution in [1.82, 2.24) is 10.2 Å². The Balaban J connectivity index is 1.38. The van der Waals surface area contributed by atoms with Gasteiger partial charge in [-0.25, -0.2) is 4.39 Å². The first-order chi connectivity index (χ1) is 16.2. The third-order valence-electron chi connectivity index (χ3n) is 6.84. The highest BCUT2D eigenvalue weighted by atomic mass is 19.4. The predicted molar refractivity (Wildman–Crippen MR) is 117 cm³/mol. The van der Waals surface area contributed by atoms with E-state index < -0.39 is 35.9 Å². The van der Waals surface area contributed by atoms with Crippen LogP contribution in [0.25, 0.3) is 0 Å². The van der Waals surface area contributed by atoms with Gasteiger partial charge in [-0.2, -0.15) is 22.0 Å². The second kappa shape index (κ2) is 10.5. The fourth-order valence-corrected chi connectivity index (χ4v) is 4.60. The van der Waals surface area contributed by atoms with Crippen molar-refractivity contribution in [2.24, 2.45) is 17.8 Å². The number of aliphatic hydroxyl groups excluding tert-OH is 1. The molecule has 1 amide bonds. The summed E-state index contributed by atoms with van der Waals surface area (Å²) in [7, 11) is 0. The minimum atomic E-state index is -5.53. The lowest BCUT2D eigenvalue weighted by Gasteiger charge is -2.34. The van der Waals surface area contributed by atoms with Crippen LogP contribution in [0.2, 0.25) is 0 Å². The zero-order chi connectivity index (χ0) is 26.0. The zero-order valence-corrected chi connectivity index (χ0v) is 19.8. The Hall–Kier alpha value is -2.01. The quantitative estimate of drug-likeness (QED) is 0.451. The average molecular weight is 511 g/mol. The Bertz CT molecular complexity index is 885. The highest BCUT2D eigenvalue weighted by Gasteiger charge is 2.58. The van der Waals surface area contributed by atoms with Gasteiger partial charge in [-0.15, -0.1) is 0 Å². The molecule has 0 bridgehead atoms. The molecule has 198 valence electrons. The van der Waals surface area contributed by atoms with Gasteiger partial charge in [0.1, 0.15) is 11.6 Å². The van der Waals surface area contributed by atoms with E-state index in [1.54, 1.807) is 13.8 Å². The third kappa shape index (κ3) is 7.25. The summed E-state index contributed by atoms with van der Waals surface area (Å²) in [5, 5.41) is 11.8. The topological polar surface area (TPSA) is 61.8 Å². The largest absolute Gasteiger partial charge is 0.493 e. The fourth-order valence-electron chi connectivity index (χ4n) is 4.60. The molecule has 2 unspecified atom stereocenters. The Kier molecular flexibility index (Phi) is 8.30. The first-order valence-electron chi connectivity index (χ1n) is 11.7. The van der Waals surface area contributed by atoms with E-state index in [0.717, 1.165) is 18.9 Å². The summed E-state index contributed by atoms with van der Waals surface area (Å²) in [5.74, 6) is -4.69. The van der Waals surface area contributed by atoms with Gasteiger partial charge in [-0.3, -0.25) is 9.69 Å². The van der Waals surface area contributed by atoms with E-state index in [-0.39, 0.29) is 31.0 Å². The maximum absolute atomic E-state index is 14.4. The lowest BCUT2D eigenvalue weighted by Crippen LogP contribution is -2.49. The van der Waals surface area contributed by atoms with E-state index in [9.17, 15) is 36.2 Å². The van der Waals surface area contributed by atoms with Crippen LogP contribution in [-0.4, -0.2) is 66.4 Å². The summed E-state index contributed by atoms with van der Waals surface area (Å²) in [6, 6.07) is 3.96. The van der Waals surface area contributed by atoms with Crippen molar-refractivity contribution in [3.8, 4) is 5.75 Å². The van der Waals surface area contributed by atoms with Crippen LogP contribution in [0.3, 0.4) is 0 Å². The number of hydrogen-bond acceptors (Lipinski definition) is 4. The highest BCUT2D eigenvalue weighted by Crippen LogP contribution is 2.50. The summed E-state index contributed by atoms with van der Waals surface area (Å²) in [5.41, 5.74) is -1.04. The number of carbonyl (C=O) groups is 1. The summed E-state index contributed by atoms with van der Waals surface area (Å²) < 4.78 is 83.7. The molecule has 2 atom stereocenters. The van der Waals surface area contributed by atoms with E-state index in [1.165, 1.54) is 17.0 Å². The predicted octanol–water partition coefficient (Wildman–Crippen LogP) is 4.64. The number of rotatable bonds is 10. The van der Waals surface area contributed by atoms with Gasteiger partial charge in [0.05, 0.1) is 30.9 Å². The number of ether oxygens (including phenoxy) is 1. The minimum absolute atomic E-state index is 0.152. The molecule has 1 aromatic rings. The Morgan fingerprint density at radius 3 is 2.40 bits per heavy atom. The summed E-state index contributed by atoms with van der Waals surface area (Å²) in [6.45, 7) is 2.44. The third-order valence-corrected chi connectivity index (χ3v) is 6.84. The molecule has 2 aliphatic rings. The van der Waals surface area contributed by atoms with E-state index >= 15 is 0 Å². The summed E-state index contributed by atoms with van der Waals surface area (Å²) in [4.78, 5) is 13.4. The van der Waals surface area contributed by atoms with Gasteiger partial charge in [0.15, 0.2) is 0 Å². The van der Waals surface area contributed by atoms with Crippen molar-refractivity contribution in [1.29, 1.82) is 0 Å². The van der Waals surface area contributed by atoms with Crippen LogP contribution in [0.15, 0.2) is 18.2 Å². The molecule has 1 aromatic carbocycles. The first-order valence-corrected chi connectivity index (χ1v) is 11.7. The van der Waals surface area contributed by atoms with Crippen LogP contribution >= 0.6 is 0 Å². The molecular weight excluding hydrogens is 478 g/mol. The van der Waals surface area contributed by atoms with Gasteiger partial charge in [0.25, 0.3) is 5.91 Å². The molecular formula is C24H32F6N2O3. The van der Waals surface area contributed by atoms with Crippen LogP contribution in [0.1, 0.15) is 49.9 Å². The number of halogens is 6. The Morgan fingerprint density at radius 1 is 1.17 bits per heavy atom. The average Bonchev–Trinajstić information content (AvgIpc) is 3.52. The van der Waals surface area contributed by atoms with Gasteiger partial charge in [-0.1, -0.05) is 0 Å². The maximum atomic E-state index is 14.4. The van der Waals surface area contributed by atoms with Gasteiger partial charge >= 0.3 is 12.1 Å². The van der Waals surface area contributed by atoms with E-state index in [0.29, 0.717) is 37.2 Å². The molecule has 2 fully saturated rings. The molecule has 1 saturated heterocycles. The number of benzene rings is 1. The highest BCUT2D eigenvalue weighted by molar-refractivity contribution is 5.95. The number of alkyl halides is 5. The molecule has 1 saturated carbocycles. The molecule has 1 aliphatic carbocycles. The molecule has 0 aromatic heterocycles. The van der Waals surface area contributed by atoms with Crippen molar-refractivity contribution in [2.45, 2.75) is 57.2 Å². The molecule has 3 rings (SSSR count). The second-order valence-electron chi connectivity index (χ2n) is 10.3. The normalized spacial score (nSPS) is 22.2. The van der Waals surface area contributed by atoms with E-state index in [1.807, 2.05) is 0 Å². The fraction of sp³-hybridized carbons (Fsp3) is 0.708. The van der Waals surface area contributed by atoms with Crippen LogP contribution in [0, 0.1) is 23.6 Å². The number of piperidine rings is 1. The summed E-state index contributed by atoms with van der Waals surface area (Å²) in [6.07, 6.45) is -2.65. The minimum Gasteiger partial charge on any atom is -0.493 e.